The summed E-state index contributed by atoms with van der Waals surface area (Å²) in [6.45, 7) is 6.85. The van der Waals surface area contributed by atoms with Gasteiger partial charge in [0, 0.05) is 40.3 Å². The number of nitrogens with one attached hydrogen (secondary N) is 1. The van der Waals surface area contributed by atoms with Gasteiger partial charge < -0.3 is 10.1 Å². The molecule has 0 spiro atoms. The molecule has 1 fully saturated rings. The summed E-state index contributed by atoms with van der Waals surface area (Å²) in [7, 11) is 0. The van der Waals surface area contributed by atoms with Gasteiger partial charge in [0.25, 0.3) is 0 Å². The average Bonchev–Trinajstić information content (AvgIpc) is 3.09. The largest absolute Gasteiger partial charge is 0.489 e. The molecule has 0 aliphatic carbocycles. The Labute approximate surface area is 166 Å². The number of nitrogens with zero attached hydrogens (tertiary/aromatic N) is 1. The van der Waals surface area contributed by atoms with E-state index in [0.717, 1.165) is 30.9 Å². The number of halogens is 2. The topological polar surface area (TPSA) is 24.5 Å². The maximum atomic E-state index is 6.24. The smallest absolute Gasteiger partial charge is 0.124 e. The monoisotopic (exact) mass is 392 g/mol. The minimum absolute atomic E-state index is 0.430. The van der Waals surface area contributed by atoms with Crippen LogP contribution < -0.4 is 10.1 Å². The van der Waals surface area contributed by atoms with E-state index >= 15 is 0 Å². The second-order valence-electron chi connectivity index (χ2n) is 6.69. The Morgan fingerprint density at radius 3 is 2.81 bits per heavy atom. The van der Waals surface area contributed by atoms with Gasteiger partial charge in [0.1, 0.15) is 12.4 Å². The third-order valence-corrected chi connectivity index (χ3v) is 5.56. The van der Waals surface area contributed by atoms with E-state index in [1.54, 1.807) is 6.07 Å². The molecule has 0 bridgehead atoms. The summed E-state index contributed by atoms with van der Waals surface area (Å²) >= 11 is 12.2. The van der Waals surface area contributed by atoms with Crippen LogP contribution in [0.3, 0.4) is 0 Å². The summed E-state index contributed by atoms with van der Waals surface area (Å²) in [6, 6.07) is 14.3. The Kier molecular flexibility index (Phi) is 7.21. The van der Waals surface area contributed by atoms with Crippen molar-refractivity contribution < 1.29 is 4.74 Å². The van der Waals surface area contributed by atoms with Gasteiger partial charge in [-0.25, -0.2) is 0 Å². The molecule has 1 saturated heterocycles. The van der Waals surface area contributed by atoms with Gasteiger partial charge >= 0.3 is 0 Å². The second-order valence-corrected chi connectivity index (χ2v) is 7.53. The molecule has 1 heterocycles. The van der Waals surface area contributed by atoms with Gasteiger partial charge in [-0.15, -0.1) is 0 Å². The number of benzene rings is 2. The number of hydrogen-bond acceptors (Lipinski definition) is 3. The lowest BCUT2D eigenvalue weighted by molar-refractivity contribution is 0.259. The second kappa shape index (κ2) is 9.61. The predicted molar refractivity (Wildman–Crippen MR) is 109 cm³/mol. The Hall–Kier alpha value is -1.26. The van der Waals surface area contributed by atoms with Crippen molar-refractivity contribution in [2.45, 2.75) is 39.0 Å². The quantitative estimate of drug-likeness (QED) is 0.672. The number of ether oxygens (including phenoxy) is 1. The highest BCUT2D eigenvalue weighted by atomic mass is 35.5. The standard InChI is InChI=1S/C21H26Cl2N2O/c1-2-25-11-5-7-19(25)14-24-13-16-6-3-4-8-21(16)26-15-17-9-10-18(22)12-20(17)23/h3-4,6,8-10,12,19,24H,2,5,7,11,13-15H2,1H3/t19-/m1/s1. The van der Waals surface area contributed by atoms with Crippen LogP contribution in [0.4, 0.5) is 0 Å². The first kappa shape index (κ1) is 19.5. The van der Waals surface area contributed by atoms with Crippen LogP contribution in [-0.2, 0) is 13.2 Å². The third-order valence-electron chi connectivity index (χ3n) is 4.97. The molecule has 1 aliphatic rings. The van der Waals surface area contributed by atoms with E-state index in [-0.39, 0.29) is 0 Å². The van der Waals surface area contributed by atoms with Crippen LogP contribution in [0.15, 0.2) is 42.5 Å². The van der Waals surface area contributed by atoms with Crippen molar-refractivity contribution in [3.63, 3.8) is 0 Å². The van der Waals surface area contributed by atoms with Crippen LogP contribution in [-0.4, -0.2) is 30.6 Å². The van der Waals surface area contributed by atoms with E-state index < -0.39 is 0 Å². The molecule has 1 aliphatic heterocycles. The molecule has 3 rings (SSSR count). The molecule has 1 atom stereocenters. The predicted octanol–water partition coefficient (Wildman–Crippen LogP) is 5.15. The van der Waals surface area contributed by atoms with E-state index in [4.69, 9.17) is 27.9 Å². The summed E-state index contributed by atoms with van der Waals surface area (Å²) in [6.07, 6.45) is 2.59. The maximum absolute atomic E-state index is 6.24. The molecule has 2 aromatic rings. The number of hydrogen-bond donors (Lipinski definition) is 1. The molecule has 0 radical (unpaired) electrons. The number of likely N-dealkylation sites (tertiary alicyclic amines) is 1. The zero-order valence-corrected chi connectivity index (χ0v) is 16.7. The fourth-order valence-corrected chi connectivity index (χ4v) is 3.96. The first-order valence-corrected chi connectivity index (χ1v) is 10.0. The van der Waals surface area contributed by atoms with Crippen molar-refractivity contribution in [2.24, 2.45) is 0 Å². The minimum Gasteiger partial charge on any atom is -0.489 e. The summed E-state index contributed by atoms with van der Waals surface area (Å²) in [4.78, 5) is 2.55. The summed E-state index contributed by atoms with van der Waals surface area (Å²) in [5, 5.41) is 4.87. The summed E-state index contributed by atoms with van der Waals surface area (Å²) < 4.78 is 6.03. The highest BCUT2D eigenvalue weighted by molar-refractivity contribution is 6.35. The van der Waals surface area contributed by atoms with Crippen LogP contribution in [0.5, 0.6) is 5.75 Å². The SMILES string of the molecule is CCN1CCC[C@@H]1CNCc1ccccc1OCc1ccc(Cl)cc1Cl. The van der Waals surface area contributed by atoms with Gasteiger partial charge in [0.05, 0.1) is 0 Å². The normalized spacial score (nSPS) is 17.6. The molecular weight excluding hydrogens is 367 g/mol. The molecule has 0 saturated carbocycles. The Balaban J connectivity index is 1.56. The molecule has 3 nitrogen and oxygen atoms in total. The number of para-hydroxylation sites is 1. The third kappa shape index (κ3) is 5.14. The first-order valence-electron chi connectivity index (χ1n) is 9.26. The van der Waals surface area contributed by atoms with Gasteiger partial charge in [0.2, 0.25) is 0 Å². The van der Waals surface area contributed by atoms with Gasteiger partial charge in [-0.3, -0.25) is 4.90 Å². The molecule has 26 heavy (non-hydrogen) atoms. The maximum Gasteiger partial charge on any atom is 0.124 e. The molecule has 0 unspecified atom stereocenters. The Bertz CT molecular complexity index is 723. The fraction of sp³-hybridized carbons (Fsp3) is 0.429. The zero-order chi connectivity index (χ0) is 18.4. The Morgan fingerprint density at radius 2 is 2.00 bits per heavy atom. The van der Waals surface area contributed by atoms with Crippen molar-refractivity contribution >= 4 is 23.2 Å². The van der Waals surface area contributed by atoms with Gasteiger partial charge in [-0.1, -0.05) is 54.4 Å². The molecule has 1 N–H and O–H groups in total. The minimum atomic E-state index is 0.430. The van der Waals surface area contributed by atoms with Crippen LogP contribution in [0, 0.1) is 0 Å². The van der Waals surface area contributed by atoms with Gasteiger partial charge in [0.15, 0.2) is 0 Å². The number of likely N-dealkylation sites (N-methyl/N-ethyl adjacent to an activating group) is 1. The molecule has 2 aromatic carbocycles. The number of rotatable bonds is 8. The lowest BCUT2D eigenvalue weighted by Crippen LogP contribution is -2.37. The van der Waals surface area contributed by atoms with E-state index in [1.165, 1.54) is 24.9 Å². The van der Waals surface area contributed by atoms with Crippen molar-refractivity contribution in [3.05, 3.63) is 63.6 Å². The van der Waals surface area contributed by atoms with Crippen molar-refractivity contribution in [1.29, 1.82) is 0 Å². The highest BCUT2D eigenvalue weighted by Crippen LogP contribution is 2.24. The van der Waals surface area contributed by atoms with E-state index in [2.05, 4.69) is 23.2 Å². The van der Waals surface area contributed by atoms with Crippen molar-refractivity contribution in [2.75, 3.05) is 19.6 Å². The summed E-state index contributed by atoms with van der Waals surface area (Å²) in [5.41, 5.74) is 2.10. The van der Waals surface area contributed by atoms with Crippen molar-refractivity contribution in [3.8, 4) is 5.75 Å². The van der Waals surface area contributed by atoms with Crippen LogP contribution in [0.2, 0.25) is 10.0 Å². The van der Waals surface area contributed by atoms with Gasteiger partial charge in [-0.05, 0) is 44.1 Å². The van der Waals surface area contributed by atoms with E-state index in [1.807, 2.05) is 30.3 Å². The fourth-order valence-electron chi connectivity index (χ4n) is 3.50. The molecule has 5 heteroatoms. The van der Waals surface area contributed by atoms with Crippen molar-refractivity contribution in [1.82, 2.24) is 10.2 Å². The van der Waals surface area contributed by atoms with E-state index in [0.29, 0.717) is 22.7 Å². The Morgan fingerprint density at radius 1 is 1.15 bits per heavy atom. The lowest BCUT2D eigenvalue weighted by Gasteiger charge is -2.23. The van der Waals surface area contributed by atoms with Crippen LogP contribution in [0.25, 0.3) is 0 Å². The molecule has 0 amide bonds. The van der Waals surface area contributed by atoms with Crippen LogP contribution in [0.1, 0.15) is 30.9 Å². The molecule has 0 aromatic heterocycles. The highest BCUT2D eigenvalue weighted by Gasteiger charge is 2.22. The first-order chi connectivity index (χ1) is 12.7. The van der Waals surface area contributed by atoms with Gasteiger partial charge in [-0.2, -0.15) is 0 Å². The lowest BCUT2D eigenvalue weighted by atomic mass is 10.1. The van der Waals surface area contributed by atoms with E-state index in [9.17, 15) is 0 Å². The van der Waals surface area contributed by atoms with Crippen LogP contribution >= 0.6 is 23.2 Å². The average molecular weight is 393 g/mol. The molecule has 140 valence electrons. The zero-order valence-electron chi connectivity index (χ0n) is 15.2. The molecular formula is C21H26Cl2N2O. The summed E-state index contributed by atoms with van der Waals surface area (Å²) in [5.74, 6) is 0.893.